The molecule has 33 heavy (non-hydrogen) atoms. The molecule has 182 valence electrons. The molecular weight excluding hydrogens is 438 g/mol. The molecule has 2 amide bonds. The third-order valence-corrected chi connectivity index (χ3v) is 5.52. The van der Waals surface area contributed by atoms with E-state index in [1.54, 1.807) is 4.90 Å². The maximum atomic E-state index is 13.1. The van der Waals surface area contributed by atoms with Gasteiger partial charge in [0.05, 0.1) is 6.04 Å². The van der Waals surface area contributed by atoms with Gasteiger partial charge in [-0.05, 0) is 42.5 Å². The molecular formula is C26H38ClN3O3. The lowest BCUT2D eigenvalue weighted by Crippen LogP contribution is -2.56. The fourth-order valence-corrected chi connectivity index (χ4v) is 3.31. The molecule has 0 aliphatic rings. The molecule has 0 spiro atoms. The molecule has 6 nitrogen and oxygen atoms in total. The van der Waals surface area contributed by atoms with E-state index in [4.69, 9.17) is 10.5 Å². The van der Waals surface area contributed by atoms with Crippen LogP contribution in [0.25, 0.3) is 0 Å². The molecule has 0 radical (unpaired) electrons. The fourth-order valence-electron chi connectivity index (χ4n) is 3.31. The maximum absolute atomic E-state index is 13.1. The summed E-state index contributed by atoms with van der Waals surface area (Å²) in [6, 6.07) is 16.2. The number of nitrogens with two attached hydrogens (primary N) is 1. The molecule has 0 fully saturated rings. The number of ether oxygens (including phenoxy) is 1. The first-order valence-corrected chi connectivity index (χ1v) is 11.3. The average molecular weight is 476 g/mol. The molecule has 0 unspecified atom stereocenters. The van der Waals surface area contributed by atoms with E-state index < -0.39 is 17.5 Å². The molecule has 0 aliphatic heterocycles. The zero-order valence-electron chi connectivity index (χ0n) is 20.3. The monoisotopic (exact) mass is 475 g/mol. The van der Waals surface area contributed by atoms with Crippen molar-refractivity contribution in [2.24, 2.45) is 11.1 Å². The molecule has 7 heteroatoms. The van der Waals surface area contributed by atoms with Crippen molar-refractivity contribution in [2.45, 2.75) is 59.7 Å². The molecule has 3 N–H and O–H groups in total. The lowest BCUT2D eigenvalue weighted by molar-refractivity contribution is -0.137. The Labute approximate surface area is 204 Å². The zero-order chi connectivity index (χ0) is 23.7. The van der Waals surface area contributed by atoms with Crippen LogP contribution >= 0.6 is 12.4 Å². The highest BCUT2D eigenvalue weighted by atomic mass is 35.5. The molecule has 2 rings (SSSR count). The fraction of sp³-hybridized carbons (Fsp3) is 0.462. The Morgan fingerprint density at radius 1 is 0.970 bits per heavy atom. The SMILES string of the molecule is CCN(CC)C(=O)[C@H](Cc1ccc(OCc2ccccc2)cc1)NC(=O)[C@@H](N)C(C)(C)C.Cl. The normalized spacial score (nSPS) is 12.8. The standard InChI is InChI=1S/C26H37N3O3.ClH/c1-6-29(7-2)25(31)22(28-24(30)23(27)26(3,4)5)17-19-13-15-21(16-14-19)32-18-20-11-9-8-10-12-20;/h8-16,22-23H,6-7,17-18,27H2,1-5H3,(H,28,30);1H/t22-,23+;/m0./s1. The summed E-state index contributed by atoms with van der Waals surface area (Å²) in [5, 5.41) is 2.90. The highest BCUT2D eigenvalue weighted by molar-refractivity contribution is 5.90. The van der Waals surface area contributed by atoms with Gasteiger partial charge in [0.1, 0.15) is 18.4 Å². The van der Waals surface area contributed by atoms with E-state index in [0.29, 0.717) is 26.1 Å². The van der Waals surface area contributed by atoms with E-state index >= 15 is 0 Å². The summed E-state index contributed by atoms with van der Waals surface area (Å²) in [6.45, 7) is 11.2. The van der Waals surface area contributed by atoms with E-state index in [2.05, 4.69) is 5.32 Å². The molecule has 0 bridgehead atoms. The molecule has 0 heterocycles. The van der Waals surface area contributed by atoms with Crippen molar-refractivity contribution in [3.8, 4) is 5.75 Å². The number of rotatable bonds is 10. The first-order chi connectivity index (χ1) is 15.2. The summed E-state index contributed by atoms with van der Waals surface area (Å²) < 4.78 is 5.84. The average Bonchev–Trinajstić information content (AvgIpc) is 2.78. The minimum atomic E-state index is -0.705. The minimum Gasteiger partial charge on any atom is -0.489 e. The quantitative estimate of drug-likeness (QED) is 0.544. The number of nitrogens with zero attached hydrogens (tertiary/aromatic N) is 1. The van der Waals surface area contributed by atoms with E-state index in [9.17, 15) is 9.59 Å². The van der Waals surface area contributed by atoms with Crippen LogP contribution in [0.4, 0.5) is 0 Å². The van der Waals surface area contributed by atoms with Crippen LogP contribution in [0.15, 0.2) is 54.6 Å². The summed E-state index contributed by atoms with van der Waals surface area (Å²) in [4.78, 5) is 27.6. The van der Waals surface area contributed by atoms with Crippen LogP contribution in [0.3, 0.4) is 0 Å². The van der Waals surface area contributed by atoms with Crippen molar-refractivity contribution >= 4 is 24.2 Å². The number of hydrogen-bond donors (Lipinski definition) is 2. The van der Waals surface area contributed by atoms with Gasteiger partial charge in [0, 0.05) is 19.5 Å². The Hall–Kier alpha value is -2.57. The Kier molecular flexibility index (Phi) is 11.4. The van der Waals surface area contributed by atoms with E-state index in [0.717, 1.165) is 16.9 Å². The van der Waals surface area contributed by atoms with Crippen LogP contribution in [-0.4, -0.2) is 41.9 Å². The van der Waals surface area contributed by atoms with Crippen LogP contribution in [0.1, 0.15) is 45.7 Å². The van der Waals surface area contributed by atoms with Crippen LogP contribution < -0.4 is 15.8 Å². The predicted octanol–water partition coefficient (Wildman–Crippen LogP) is 3.96. The van der Waals surface area contributed by atoms with E-state index in [1.807, 2.05) is 89.2 Å². The van der Waals surface area contributed by atoms with Crippen LogP contribution in [0, 0.1) is 5.41 Å². The smallest absolute Gasteiger partial charge is 0.245 e. The number of carbonyl (C=O) groups excluding carboxylic acids is 2. The van der Waals surface area contributed by atoms with E-state index in [1.165, 1.54) is 0 Å². The molecule has 0 aromatic heterocycles. The number of carbonyl (C=O) groups is 2. The van der Waals surface area contributed by atoms with Gasteiger partial charge in [0.2, 0.25) is 11.8 Å². The Morgan fingerprint density at radius 3 is 2.06 bits per heavy atom. The summed E-state index contributed by atoms with van der Waals surface area (Å²) in [6.07, 6.45) is 0.386. The second kappa shape index (κ2) is 13.2. The van der Waals surface area contributed by atoms with Gasteiger partial charge in [-0.3, -0.25) is 9.59 Å². The third kappa shape index (κ3) is 8.71. The van der Waals surface area contributed by atoms with Gasteiger partial charge in [-0.1, -0.05) is 63.2 Å². The van der Waals surface area contributed by atoms with Crippen molar-refractivity contribution in [3.63, 3.8) is 0 Å². The Bertz CT molecular complexity index is 863. The highest BCUT2D eigenvalue weighted by Gasteiger charge is 2.32. The van der Waals surface area contributed by atoms with Gasteiger partial charge in [0.15, 0.2) is 0 Å². The number of amides is 2. The molecule has 0 saturated heterocycles. The van der Waals surface area contributed by atoms with Gasteiger partial charge in [-0.2, -0.15) is 0 Å². The van der Waals surface area contributed by atoms with Gasteiger partial charge in [-0.25, -0.2) is 0 Å². The third-order valence-electron chi connectivity index (χ3n) is 5.52. The summed E-state index contributed by atoms with van der Waals surface area (Å²) in [5.41, 5.74) is 7.76. The van der Waals surface area contributed by atoms with Gasteiger partial charge >= 0.3 is 0 Å². The van der Waals surface area contributed by atoms with Crippen molar-refractivity contribution in [2.75, 3.05) is 13.1 Å². The molecule has 2 aromatic carbocycles. The zero-order valence-corrected chi connectivity index (χ0v) is 21.2. The summed E-state index contributed by atoms with van der Waals surface area (Å²) in [7, 11) is 0. The highest BCUT2D eigenvalue weighted by Crippen LogP contribution is 2.19. The molecule has 2 atom stereocenters. The van der Waals surface area contributed by atoms with E-state index in [-0.39, 0.29) is 24.2 Å². The first kappa shape index (κ1) is 28.5. The lowest BCUT2D eigenvalue weighted by atomic mass is 9.86. The molecule has 2 aromatic rings. The number of likely N-dealkylation sites (N-methyl/N-ethyl adjacent to an activating group) is 1. The number of benzene rings is 2. The first-order valence-electron chi connectivity index (χ1n) is 11.3. The topological polar surface area (TPSA) is 84.7 Å². The van der Waals surface area contributed by atoms with Crippen LogP contribution in [0.5, 0.6) is 5.75 Å². The summed E-state index contributed by atoms with van der Waals surface area (Å²) in [5.74, 6) is 0.336. The summed E-state index contributed by atoms with van der Waals surface area (Å²) >= 11 is 0. The second-order valence-electron chi connectivity index (χ2n) is 9.04. The maximum Gasteiger partial charge on any atom is 0.245 e. The number of nitrogens with one attached hydrogen (secondary N) is 1. The van der Waals surface area contributed by atoms with Crippen molar-refractivity contribution in [3.05, 3.63) is 65.7 Å². The lowest BCUT2D eigenvalue weighted by Gasteiger charge is -2.30. The van der Waals surface area contributed by atoms with Gasteiger partial charge < -0.3 is 20.7 Å². The number of hydrogen-bond acceptors (Lipinski definition) is 4. The molecule has 0 saturated carbocycles. The van der Waals surface area contributed by atoms with Crippen LogP contribution in [0.2, 0.25) is 0 Å². The largest absolute Gasteiger partial charge is 0.489 e. The second-order valence-corrected chi connectivity index (χ2v) is 9.04. The van der Waals surface area contributed by atoms with Crippen molar-refractivity contribution in [1.29, 1.82) is 0 Å². The van der Waals surface area contributed by atoms with Crippen molar-refractivity contribution < 1.29 is 14.3 Å². The molecule has 0 aliphatic carbocycles. The minimum absolute atomic E-state index is 0. The number of halogens is 1. The van der Waals surface area contributed by atoms with Crippen LogP contribution in [-0.2, 0) is 22.6 Å². The Balaban J connectivity index is 0.00000544. The van der Waals surface area contributed by atoms with Gasteiger partial charge in [-0.15, -0.1) is 12.4 Å². The Morgan fingerprint density at radius 2 is 1.55 bits per heavy atom. The van der Waals surface area contributed by atoms with Crippen molar-refractivity contribution in [1.82, 2.24) is 10.2 Å². The predicted molar refractivity (Wildman–Crippen MR) is 135 cm³/mol. The van der Waals surface area contributed by atoms with Gasteiger partial charge in [0.25, 0.3) is 0 Å².